The largest absolute Gasteiger partial charge is 0.496 e. The van der Waals surface area contributed by atoms with E-state index in [0.29, 0.717) is 29.8 Å². The van der Waals surface area contributed by atoms with Gasteiger partial charge in [-0.25, -0.2) is 0 Å². The number of para-hydroxylation sites is 1. The van der Waals surface area contributed by atoms with Gasteiger partial charge in [0.15, 0.2) is 6.61 Å². The first-order valence-corrected chi connectivity index (χ1v) is 9.15. The monoisotopic (exact) mass is 394 g/mol. The number of esters is 1. The van der Waals surface area contributed by atoms with Crippen LogP contribution >= 0.6 is 0 Å². The molecule has 1 aliphatic rings. The highest BCUT2D eigenvalue weighted by Crippen LogP contribution is 2.30. The normalized spacial score (nSPS) is 12.5. The fourth-order valence-corrected chi connectivity index (χ4v) is 3.12. The van der Waals surface area contributed by atoms with E-state index in [1.54, 1.807) is 31.4 Å². The molecular weight excluding hydrogens is 372 g/mol. The van der Waals surface area contributed by atoms with E-state index in [-0.39, 0.29) is 12.5 Å². The van der Waals surface area contributed by atoms with Crippen LogP contribution in [0.4, 0.5) is 0 Å². The topological polar surface area (TPSA) is 84.9 Å². The molecule has 7 nitrogen and oxygen atoms in total. The summed E-state index contributed by atoms with van der Waals surface area (Å²) in [6, 6.07) is 14.6. The first kappa shape index (κ1) is 20.1. The molecule has 1 N–H and O–H groups in total. The number of ether oxygens (including phenoxy) is 2. The van der Waals surface area contributed by atoms with E-state index in [0.717, 1.165) is 11.3 Å². The summed E-state index contributed by atoms with van der Waals surface area (Å²) in [5, 5.41) is 2.69. The van der Waals surface area contributed by atoms with E-state index in [9.17, 15) is 14.4 Å². The molecule has 2 amide bonds. The van der Waals surface area contributed by atoms with Crippen LogP contribution in [0.15, 0.2) is 55.1 Å². The third-order valence-corrected chi connectivity index (χ3v) is 4.60. The minimum absolute atomic E-state index is 0.291. The highest BCUT2D eigenvalue weighted by atomic mass is 16.5. The van der Waals surface area contributed by atoms with Crippen LogP contribution in [0.1, 0.15) is 21.5 Å². The van der Waals surface area contributed by atoms with Gasteiger partial charge in [-0.1, -0.05) is 43.0 Å². The summed E-state index contributed by atoms with van der Waals surface area (Å²) in [6.45, 7) is 3.55. The summed E-state index contributed by atoms with van der Waals surface area (Å²) in [6.07, 6.45) is 0.587. The van der Waals surface area contributed by atoms with E-state index in [1.807, 2.05) is 24.3 Å². The van der Waals surface area contributed by atoms with Gasteiger partial charge in [-0.15, -0.1) is 0 Å². The maximum atomic E-state index is 12.4. The van der Waals surface area contributed by atoms with Crippen LogP contribution < -0.4 is 10.1 Å². The van der Waals surface area contributed by atoms with Gasteiger partial charge in [0.05, 0.1) is 7.11 Å². The van der Waals surface area contributed by atoms with Gasteiger partial charge in [0.2, 0.25) is 0 Å². The van der Waals surface area contributed by atoms with Gasteiger partial charge in [0, 0.05) is 23.4 Å². The number of fused-ring (bicyclic) bond motifs is 1. The number of benzene rings is 2. The van der Waals surface area contributed by atoms with Crippen molar-refractivity contribution in [2.45, 2.75) is 6.42 Å². The van der Waals surface area contributed by atoms with Crippen LogP contribution in [0.3, 0.4) is 0 Å². The molecule has 150 valence electrons. The SMILES string of the molecule is C=C1c2ccccc2C(=O)N1CC(=O)OCC(=O)NCCc1ccccc1OC. The molecule has 1 aliphatic heterocycles. The quantitative estimate of drug-likeness (QED) is 0.693. The highest BCUT2D eigenvalue weighted by Gasteiger charge is 2.32. The maximum absolute atomic E-state index is 12.4. The van der Waals surface area contributed by atoms with Crippen LogP contribution in [0.25, 0.3) is 5.70 Å². The minimum Gasteiger partial charge on any atom is -0.496 e. The van der Waals surface area contributed by atoms with Crippen LogP contribution in [0.2, 0.25) is 0 Å². The number of methoxy groups -OCH3 is 1. The summed E-state index contributed by atoms with van der Waals surface area (Å²) in [5.41, 5.74) is 2.61. The van der Waals surface area contributed by atoms with E-state index in [2.05, 4.69) is 11.9 Å². The second kappa shape index (κ2) is 9.05. The van der Waals surface area contributed by atoms with E-state index in [1.165, 1.54) is 4.90 Å². The van der Waals surface area contributed by atoms with Gasteiger partial charge in [0.1, 0.15) is 12.3 Å². The zero-order valence-corrected chi connectivity index (χ0v) is 16.1. The summed E-state index contributed by atoms with van der Waals surface area (Å²) in [7, 11) is 1.59. The van der Waals surface area contributed by atoms with Crippen molar-refractivity contribution >= 4 is 23.5 Å². The maximum Gasteiger partial charge on any atom is 0.326 e. The van der Waals surface area contributed by atoms with Crippen LogP contribution in [0.5, 0.6) is 5.75 Å². The van der Waals surface area contributed by atoms with Gasteiger partial charge in [-0.05, 0) is 24.1 Å². The molecule has 0 saturated heterocycles. The van der Waals surface area contributed by atoms with Gasteiger partial charge in [-0.3, -0.25) is 19.3 Å². The molecule has 0 unspecified atom stereocenters. The van der Waals surface area contributed by atoms with Crippen molar-refractivity contribution in [1.82, 2.24) is 10.2 Å². The Bertz CT molecular complexity index is 919. The Morgan fingerprint density at radius 3 is 2.48 bits per heavy atom. The number of hydrogen-bond acceptors (Lipinski definition) is 5. The molecule has 7 heteroatoms. The smallest absolute Gasteiger partial charge is 0.326 e. The molecule has 2 aromatic carbocycles. The lowest BCUT2D eigenvalue weighted by molar-refractivity contribution is -0.148. The molecule has 1 heterocycles. The summed E-state index contributed by atoms with van der Waals surface area (Å²) < 4.78 is 10.3. The fraction of sp³-hybridized carbons (Fsp3) is 0.227. The minimum atomic E-state index is -0.674. The molecule has 0 atom stereocenters. The lowest BCUT2D eigenvalue weighted by Gasteiger charge is -2.16. The zero-order valence-electron chi connectivity index (χ0n) is 16.1. The molecule has 3 rings (SSSR count). The van der Waals surface area contributed by atoms with Crippen molar-refractivity contribution in [3.05, 3.63) is 71.8 Å². The standard InChI is InChI=1S/C22H22N2O5/c1-15-17-8-4-5-9-18(17)22(27)24(15)13-21(26)29-14-20(25)23-12-11-16-7-3-6-10-19(16)28-2/h3-10H,1,11-14H2,2H3,(H,23,25). The van der Waals surface area contributed by atoms with Gasteiger partial charge in [-0.2, -0.15) is 0 Å². The molecular formula is C22H22N2O5. The van der Waals surface area contributed by atoms with E-state index >= 15 is 0 Å². The Balaban J connectivity index is 1.42. The molecule has 2 aromatic rings. The number of carbonyl (C=O) groups excluding carboxylic acids is 3. The van der Waals surface area contributed by atoms with Crippen molar-refractivity contribution < 1.29 is 23.9 Å². The number of carbonyl (C=O) groups is 3. The molecule has 0 saturated carbocycles. The van der Waals surface area contributed by atoms with Gasteiger partial charge < -0.3 is 14.8 Å². The Morgan fingerprint density at radius 1 is 1.07 bits per heavy atom. The summed E-state index contributed by atoms with van der Waals surface area (Å²) in [4.78, 5) is 37.6. The number of hydrogen-bond donors (Lipinski definition) is 1. The zero-order chi connectivity index (χ0) is 20.8. The Kier molecular flexibility index (Phi) is 6.29. The first-order chi connectivity index (χ1) is 14.0. The summed E-state index contributed by atoms with van der Waals surface area (Å²) >= 11 is 0. The van der Waals surface area contributed by atoms with Crippen LogP contribution in [0, 0.1) is 0 Å². The molecule has 0 fully saturated rings. The molecule has 0 aliphatic carbocycles. The van der Waals surface area contributed by atoms with Crippen LogP contribution in [-0.4, -0.2) is 49.5 Å². The van der Waals surface area contributed by atoms with Gasteiger partial charge in [0.25, 0.3) is 11.8 Å². The van der Waals surface area contributed by atoms with Crippen molar-refractivity contribution in [2.24, 2.45) is 0 Å². The predicted molar refractivity (Wildman–Crippen MR) is 107 cm³/mol. The van der Waals surface area contributed by atoms with E-state index in [4.69, 9.17) is 9.47 Å². The third kappa shape index (κ3) is 4.63. The number of amides is 2. The first-order valence-electron chi connectivity index (χ1n) is 9.15. The number of rotatable bonds is 8. The Labute approximate surface area is 168 Å². The second-order valence-electron chi connectivity index (χ2n) is 6.46. The van der Waals surface area contributed by atoms with Crippen molar-refractivity contribution in [2.75, 3.05) is 26.8 Å². The number of nitrogens with one attached hydrogen (secondary N) is 1. The average Bonchev–Trinajstić information content (AvgIpc) is 2.98. The van der Waals surface area contributed by atoms with E-state index < -0.39 is 18.5 Å². The fourth-order valence-electron chi connectivity index (χ4n) is 3.12. The number of nitrogens with zero attached hydrogens (tertiary/aromatic N) is 1. The van der Waals surface area contributed by atoms with Crippen molar-refractivity contribution in [3.8, 4) is 5.75 Å². The molecule has 0 aromatic heterocycles. The Morgan fingerprint density at radius 2 is 1.76 bits per heavy atom. The molecule has 0 radical (unpaired) electrons. The molecule has 29 heavy (non-hydrogen) atoms. The van der Waals surface area contributed by atoms with Crippen LogP contribution in [-0.2, 0) is 20.7 Å². The average molecular weight is 394 g/mol. The Hall–Kier alpha value is -3.61. The second-order valence-corrected chi connectivity index (χ2v) is 6.46. The highest BCUT2D eigenvalue weighted by molar-refractivity contribution is 6.10. The van der Waals surface area contributed by atoms with Crippen molar-refractivity contribution in [3.63, 3.8) is 0 Å². The molecule has 0 bridgehead atoms. The predicted octanol–water partition coefficient (Wildman–Crippen LogP) is 2.02. The lowest BCUT2D eigenvalue weighted by Crippen LogP contribution is -2.34. The van der Waals surface area contributed by atoms with Gasteiger partial charge >= 0.3 is 5.97 Å². The lowest BCUT2D eigenvalue weighted by atomic mass is 10.1. The summed E-state index contributed by atoms with van der Waals surface area (Å²) in [5.74, 6) is -0.635. The third-order valence-electron chi connectivity index (χ3n) is 4.60. The van der Waals surface area contributed by atoms with Crippen molar-refractivity contribution in [1.29, 1.82) is 0 Å². The molecule has 0 spiro atoms.